The number of pyridine rings is 1. The predicted octanol–water partition coefficient (Wildman–Crippen LogP) is 3.13. The summed E-state index contributed by atoms with van der Waals surface area (Å²) in [6, 6.07) is 1.76. The van der Waals surface area contributed by atoms with E-state index in [0.717, 1.165) is 11.4 Å². The molecule has 6 heteroatoms. The van der Waals surface area contributed by atoms with Gasteiger partial charge in [-0.1, -0.05) is 20.8 Å². The number of thiazole rings is 1. The molecule has 0 saturated carbocycles. The largest absolute Gasteiger partial charge is 0.387 e. The van der Waals surface area contributed by atoms with Crippen LogP contribution in [0.1, 0.15) is 36.8 Å². The van der Waals surface area contributed by atoms with Gasteiger partial charge >= 0.3 is 0 Å². The fourth-order valence-electron chi connectivity index (χ4n) is 1.63. The first kappa shape index (κ1) is 14.5. The van der Waals surface area contributed by atoms with Crippen molar-refractivity contribution in [1.29, 1.82) is 0 Å². The van der Waals surface area contributed by atoms with Gasteiger partial charge < -0.3 is 5.32 Å². The predicted molar refractivity (Wildman–Crippen MR) is 82.6 cm³/mol. The fraction of sp³-hybridized carbons (Fsp3) is 0.357. The molecule has 106 valence electrons. The number of rotatable bonds is 3. The van der Waals surface area contributed by atoms with Crippen LogP contribution in [0.3, 0.4) is 0 Å². The molecule has 5 nitrogen and oxygen atoms in total. The normalized spacial score (nSPS) is 11.2. The molecule has 0 unspecified atom stereocenters. The summed E-state index contributed by atoms with van der Waals surface area (Å²) in [4.78, 5) is 20.7. The fourth-order valence-corrected chi connectivity index (χ4v) is 2.57. The van der Waals surface area contributed by atoms with E-state index in [1.54, 1.807) is 25.5 Å². The van der Waals surface area contributed by atoms with E-state index in [-0.39, 0.29) is 11.3 Å². The maximum Gasteiger partial charge on any atom is 0.261 e. The van der Waals surface area contributed by atoms with Crippen LogP contribution in [-0.4, -0.2) is 22.9 Å². The molecule has 1 amide bonds. The van der Waals surface area contributed by atoms with Crippen molar-refractivity contribution in [2.24, 2.45) is 0 Å². The van der Waals surface area contributed by atoms with Crippen LogP contribution < -0.4 is 10.6 Å². The number of carbonyl (C=O) groups excluding carboxylic acids is 1. The lowest BCUT2D eigenvalue weighted by molar-refractivity contribution is 0.102. The number of nitrogens with zero attached hydrogens (tertiary/aromatic N) is 2. The van der Waals surface area contributed by atoms with Gasteiger partial charge in [-0.05, 0) is 6.07 Å². The van der Waals surface area contributed by atoms with Crippen molar-refractivity contribution in [2.45, 2.75) is 26.2 Å². The summed E-state index contributed by atoms with van der Waals surface area (Å²) in [5.41, 5.74) is 2.19. The Morgan fingerprint density at radius 3 is 2.70 bits per heavy atom. The Morgan fingerprint density at radius 2 is 2.10 bits per heavy atom. The van der Waals surface area contributed by atoms with Gasteiger partial charge in [0.05, 0.1) is 11.3 Å². The summed E-state index contributed by atoms with van der Waals surface area (Å²) >= 11 is 1.43. The third kappa shape index (κ3) is 3.14. The summed E-state index contributed by atoms with van der Waals surface area (Å²) < 4.78 is 0. The van der Waals surface area contributed by atoms with Crippen LogP contribution in [0.25, 0.3) is 0 Å². The van der Waals surface area contributed by atoms with E-state index in [4.69, 9.17) is 0 Å². The first-order valence-electron chi connectivity index (χ1n) is 6.31. The number of hydrogen-bond acceptors (Lipinski definition) is 5. The van der Waals surface area contributed by atoms with E-state index in [0.29, 0.717) is 10.7 Å². The number of amides is 1. The zero-order chi connectivity index (χ0) is 14.8. The molecule has 2 aromatic rings. The molecular formula is C14H18N4OS. The Morgan fingerprint density at radius 1 is 1.35 bits per heavy atom. The van der Waals surface area contributed by atoms with Crippen molar-refractivity contribution in [3.05, 3.63) is 35.1 Å². The molecule has 0 aliphatic rings. The van der Waals surface area contributed by atoms with Gasteiger partial charge in [-0.15, -0.1) is 11.3 Å². The molecule has 0 spiro atoms. The van der Waals surface area contributed by atoms with E-state index in [9.17, 15) is 4.79 Å². The highest BCUT2D eigenvalue weighted by molar-refractivity contribution is 7.14. The van der Waals surface area contributed by atoms with E-state index in [1.807, 2.05) is 5.38 Å². The van der Waals surface area contributed by atoms with E-state index in [2.05, 4.69) is 41.4 Å². The van der Waals surface area contributed by atoms with Gasteiger partial charge in [0.15, 0.2) is 5.13 Å². The molecule has 0 radical (unpaired) electrons. The van der Waals surface area contributed by atoms with Crippen molar-refractivity contribution in [3.8, 4) is 0 Å². The molecule has 0 saturated heterocycles. The minimum absolute atomic E-state index is 0.0239. The summed E-state index contributed by atoms with van der Waals surface area (Å²) in [7, 11) is 1.77. The number of hydrogen-bond donors (Lipinski definition) is 2. The van der Waals surface area contributed by atoms with Gasteiger partial charge in [0.25, 0.3) is 5.91 Å². The number of anilines is 2. The molecule has 0 fully saturated rings. The van der Waals surface area contributed by atoms with Gasteiger partial charge in [-0.3, -0.25) is 15.1 Å². The molecule has 2 N–H and O–H groups in total. The standard InChI is InChI=1S/C14H18N4OS/c1-14(2,3)11-8-20-13(17-11)18-12(19)9-7-16-6-5-10(9)15-4/h5-8H,1-4H3,(H,15,16)(H,17,18,19). The molecule has 0 aromatic carbocycles. The first-order valence-corrected chi connectivity index (χ1v) is 7.19. The number of carbonyl (C=O) groups is 1. The topological polar surface area (TPSA) is 66.9 Å². The highest BCUT2D eigenvalue weighted by atomic mass is 32.1. The second-order valence-corrected chi connectivity index (χ2v) is 6.27. The smallest absolute Gasteiger partial charge is 0.261 e. The van der Waals surface area contributed by atoms with Gasteiger partial charge in [-0.25, -0.2) is 4.98 Å². The van der Waals surface area contributed by atoms with Crippen molar-refractivity contribution in [1.82, 2.24) is 9.97 Å². The van der Waals surface area contributed by atoms with Crippen molar-refractivity contribution < 1.29 is 4.79 Å². The molecule has 2 heterocycles. The number of nitrogens with one attached hydrogen (secondary N) is 2. The van der Waals surface area contributed by atoms with E-state index < -0.39 is 0 Å². The first-order chi connectivity index (χ1) is 9.41. The Labute approximate surface area is 122 Å². The van der Waals surface area contributed by atoms with Crippen LogP contribution in [0.15, 0.2) is 23.8 Å². The summed E-state index contributed by atoms with van der Waals surface area (Å²) in [5.74, 6) is -0.211. The van der Waals surface area contributed by atoms with Crippen LogP contribution in [0.2, 0.25) is 0 Å². The average molecular weight is 290 g/mol. The van der Waals surface area contributed by atoms with Crippen LogP contribution >= 0.6 is 11.3 Å². The monoisotopic (exact) mass is 290 g/mol. The maximum atomic E-state index is 12.2. The molecule has 0 aliphatic carbocycles. The lowest BCUT2D eigenvalue weighted by Crippen LogP contribution is -2.15. The zero-order valence-corrected chi connectivity index (χ0v) is 12.8. The van der Waals surface area contributed by atoms with Gasteiger partial charge in [-0.2, -0.15) is 0 Å². The van der Waals surface area contributed by atoms with E-state index in [1.165, 1.54) is 11.3 Å². The second-order valence-electron chi connectivity index (χ2n) is 5.41. The SMILES string of the molecule is CNc1ccncc1C(=O)Nc1nc(C(C)(C)C)cs1. The molecule has 0 aliphatic heterocycles. The highest BCUT2D eigenvalue weighted by Crippen LogP contribution is 2.26. The number of aromatic nitrogens is 2. The Bertz CT molecular complexity index is 616. The van der Waals surface area contributed by atoms with Gasteiger partial charge in [0.1, 0.15) is 0 Å². The van der Waals surface area contributed by atoms with Crippen LogP contribution in [0.4, 0.5) is 10.8 Å². The minimum atomic E-state index is -0.211. The summed E-state index contributed by atoms with van der Waals surface area (Å²) in [5, 5.41) is 8.36. The molecule has 20 heavy (non-hydrogen) atoms. The van der Waals surface area contributed by atoms with Crippen molar-refractivity contribution in [2.75, 3.05) is 17.7 Å². The summed E-state index contributed by atoms with van der Waals surface area (Å²) in [6.45, 7) is 6.27. The Hall–Kier alpha value is -1.95. The van der Waals surface area contributed by atoms with Gasteiger partial charge in [0.2, 0.25) is 0 Å². The van der Waals surface area contributed by atoms with Crippen LogP contribution in [0, 0.1) is 0 Å². The summed E-state index contributed by atoms with van der Waals surface area (Å²) in [6.07, 6.45) is 3.18. The Balaban J connectivity index is 2.18. The van der Waals surface area contributed by atoms with Crippen molar-refractivity contribution in [3.63, 3.8) is 0 Å². The molecular weight excluding hydrogens is 272 g/mol. The van der Waals surface area contributed by atoms with Crippen LogP contribution in [0.5, 0.6) is 0 Å². The van der Waals surface area contributed by atoms with E-state index >= 15 is 0 Å². The zero-order valence-electron chi connectivity index (χ0n) is 12.0. The Kier molecular flexibility index (Phi) is 4.04. The third-order valence-electron chi connectivity index (χ3n) is 2.83. The van der Waals surface area contributed by atoms with Crippen LogP contribution in [-0.2, 0) is 5.41 Å². The van der Waals surface area contributed by atoms with Gasteiger partial charge in [0, 0.05) is 35.9 Å². The quantitative estimate of drug-likeness (QED) is 0.911. The maximum absolute atomic E-state index is 12.2. The molecule has 2 rings (SSSR count). The third-order valence-corrected chi connectivity index (χ3v) is 3.59. The molecule has 0 atom stereocenters. The van der Waals surface area contributed by atoms with Crippen molar-refractivity contribution >= 4 is 28.1 Å². The average Bonchev–Trinajstić information content (AvgIpc) is 2.87. The lowest BCUT2D eigenvalue weighted by Gasteiger charge is -2.14. The minimum Gasteiger partial charge on any atom is -0.387 e. The molecule has 0 bridgehead atoms. The highest BCUT2D eigenvalue weighted by Gasteiger charge is 2.19. The second kappa shape index (κ2) is 5.58. The molecule has 2 aromatic heterocycles. The lowest BCUT2D eigenvalue weighted by atomic mass is 9.93.